The molecule has 0 fully saturated rings. The first kappa shape index (κ1) is 21.0. The fourth-order valence-corrected chi connectivity index (χ4v) is 2.53. The highest BCUT2D eigenvalue weighted by atomic mass is 16.5. The number of ether oxygens (including phenoxy) is 2. The Balaban J connectivity index is 1.81. The van der Waals surface area contributed by atoms with Crippen LogP contribution in [0.5, 0.6) is 11.5 Å². The Morgan fingerprint density at radius 2 is 1.54 bits per heavy atom. The Morgan fingerprint density at radius 3 is 2.11 bits per heavy atom. The van der Waals surface area contributed by atoms with Crippen LogP contribution in [0.1, 0.15) is 28.8 Å². The van der Waals surface area contributed by atoms with Crippen LogP contribution >= 0.6 is 0 Å². The lowest BCUT2D eigenvalue weighted by atomic mass is 10.1. The van der Waals surface area contributed by atoms with Crippen LogP contribution in [-0.2, 0) is 16.1 Å². The molecule has 0 saturated carbocycles. The van der Waals surface area contributed by atoms with Crippen LogP contribution in [0.3, 0.4) is 0 Å². The molecule has 1 N–H and O–H groups in total. The number of rotatable bonds is 10. The fraction of sp³-hybridized carbons (Fsp3) is 0.286. The first-order chi connectivity index (χ1) is 13.4. The monoisotopic (exact) mass is 385 g/mol. The molecule has 0 saturated heterocycles. The van der Waals surface area contributed by atoms with Gasteiger partial charge in [-0.2, -0.15) is 0 Å². The smallest absolute Gasteiger partial charge is 0.341 e. The number of benzene rings is 2. The second kappa shape index (κ2) is 10.1. The molecule has 0 aliphatic rings. The number of hydrogen-bond donors (Lipinski definition) is 1. The van der Waals surface area contributed by atoms with E-state index in [9.17, 15) is 14.4 Å². The summed E-state index contributed by atoms with van der Waals surface area (Å²) in [6.07, 6.45) is 0.263. The lowest BCUT2D eigenvalue weighted by Crippen LogP contribution is -2.26. The summed E-state index contributed by atoms with van der Waals surface area (Å²) in [6.45, 7) is -0.0191. The summed E-state index contributed by atoms with van der Waals surface area (Å²) in [4.78, 5) is 36.5. The molecule has 0 bridgehead atoms. The van der Waals surface area contributed by atoms with Crippen molar-refractivity contribution in [1.82, 2.24) is 4.90 Å². The molecule has 148 valence electrons. The van der Waals surface area contributed by atoms with Crippen LogP contribution in [0, 0.1) is 0 Å². The van der Waals surface area contributed by atoms with Gasteiger partial charge in [-0.25, -0.2) is 4.79 Å². The number of carbonyl (C=O) groups excluding carboxylic acids is 2. The molecule has 0 aliphatic carbocycles. The Kier molecular flexibility index (Phi) is 7.56. The van der Waals surface area contributed by atoms with E-state index in [1.807, 2.05) is 0 Å². The lowest BCUT2D eigenvalue weighted by molar-refractivity contribution is -0.139. The van der Waals surface area contributed by atoms with Gasteiger partial charge in [0.05, 0.1) is 7.11 Å². The number of methoxy groups -OCH3 is 1. The van der Waals surface area contributed by atoms with Crippen LogP contribution in [0.25, 0.3) is 0 Å². The fourth-order valence-electron chi connectivity index (χ4n) is 2.53. The van der Waals surface area contributed by atoms with Crippen molar-refractivity contribution in [3.63, 3.8) is 0 Å². The minimum Gasteiger partial charge on any atom is -0.497 e. The number of amides is 1. The van der Waals surface area contributed by atoms with Crippen molar-refractivity contribution < 1.29 is 29.0 Å². The van der Waals surface area contributed by atoms with Gasteiger partial charge < -0.3 is 19.5 Å². The number of nitrogens with zero attached hydrogens (tertiary/aromatic N) is 1. The average Bonchev–Trinajstić information content (AvgIpc) is 2.71. The molecule has 0 radical (unpaired) electrons. The van der Waals surface area contributed by atoms with E-state index in [2.05, 4.69) is 0 Å². The molecule has 0 heterocycles. The number of carboxylic acids is 1. The number of carbonyl (C=O) groups is 3. The third-order valence-electron chi connectivity index (χ3n) is 4.11. The quantitative estimate of drug-likeness (QED) is 0.632. The highest BCUT2D eigenvalue weighted by Gasteiger charge is 2.13. The van der Waals surface area contributed by atoms with Crippen molar-refractivity contribution in [1.29, 1.82) is 0 Å². The standard InChI is InChI=1S/C21H23NO6/c1-22(13-15-3-7-18(8-4-15)28-14-21(25)26)20(24)12-11-19(23)16-5-9-17(27-2)10-6-16/h3-10H,11-14H2,1-2H3,(H,25,26). The SMILES string of the molecule is COc1ccc(C(=O)CCC(=O)N(C)Cc2ccc(OCC(=O)O)cc2)cc1. The molecule has 2 rings (SSSR count). The molecular weight excluding hydrogens is 362 g/mol. The average molecular weight is 385 g/mol. The molecule has 0 atom stereocenters. The molecule has 0 unspecified atom stereocenters. The minimum atomic E-state index is -1.04. The molecule has 1 amide bonds. The molecule has 28 heavy (non-hydrogen) atoms. The molecule has 7 heteroatoms. The van der Waals surface area contributed by atoms with Gasteiger partial charge in [-0.15, -0.1) is 0 Å². The van der Waals surface area contributed by atoms with Gasteiger partial charge in [-0.3, -0.25) is 9.59 Å². The molecule has 2 aromatic rings. The summed E-state index contributed by atoms with van der Waals surface area (Å²) in [5.41, 5.74) is 1.42. The predicted molar refractivity (Wildman–Crippen MR) is 103 cm³/mol. The zero-order chi connectivity index (χ0) is 20.5. The van der Waals surface area contributed by atoms with E-state index in [4.69, 9.17) is 14.6 Å². The Labute approximate surface area is 163 Å². The first-order valence-electron chi connectivity index (χ1n) is 8.74. The maximum Gasteiger partial charge on any atom is 0.341 e. The maximum absolute atomic E-state index is 12.3. The van der Waals surface area contributed by atoms with E-state index in [0.717, 1.165) is 5.56 Å². The van der Waals surface area contributed by atoms with Crippen LogP contribution in [-0.4, -0.2) is 48.4 Å². The van der Waals surface area contributed by atoms with Crippen molar-refractivity contribution in [2.24, 2.45) is 0 Å². The lowest BCUT2D eigenvalue weighted by Gasteiger charge is -2.17. The summed E-state index contributed by atoms with van der Waals surface area (Å²) in [6, 6.07) is 13.6. The molecule has 0 spiro atoms. The van der Waals surface area contributed by atoms with E-state index >= 15 is 0 Å². The third-order valence-corrected chi connectivity index (χ3v) is 4.11. The van der Waals surface area contributed by atoms with Gasteiger partial charge in [0, 0.05) is 32.0 Å². The summed E-state index contributed by atoms with van der Waals surface area (Å²) in [7, 11) is 3.23. The van der Waals surface area contributed by atoms with E-state index in [1.54, 1.807) is 67.6 Å². The van der Waals surface area contributed by atoms with Gasteiger partial charge in [0.15, 0.2) is 12.4 Å². The van der Waals surface area contributed by atoms with Gasteiger partial charge in [0.1, 0.15) is 11.5 Å². The Bertz CT molecular complexity index is 814. The number of hydrogen-bond acceptors (Lipinski definition) is 5. The topological polar surface area (TPSA) is 93.1 Å². The molecule has 2 aromatic carbocycles. The molecular formula is C21H23NO6. The highest BCUT2D eigenvalue weighted by molar-refractivity contribution is 5.98. The maximum atomic E-state index is 12.3. The Morgan fingerprint density at radius 1 is 0.929 bits per heavy atom. The van der Waals surface area contributed by atoms with Crippen molar-refractivity contribution in [3.05, 3.63) is 59.7 Å². The van der Waals surface area contributed by atoms with E-state index in [0.29, 0.717) is 23.6 Å². The number of carboxylic acid groups (broad SMARTS) is 1. The summed E-state index contributed by atoms with van der Waals surface area (Å²) in [5.74, 6) is -0.145. The van der Waals surface area contributed by atoms with Crippen molar-refractivity contribution in [2.75, 3.05) is 20.8 Å². The largest absolute Gasteiger partial charge is 0.497 e. The molecule has 7 nitrogen and oxygen atoms in total. The van der Waals surface area contributed by atoms with Crippen LogP contribution in [0.15, 0.2) is 48.5 Å². The van der Waals surface area contributed by atoms with Gasteiger partial charge in [-0.05, 0) is 42.0 Å². The van der Waals surface area contributed by atoms with E-state index in [1.165, 1.54) is 0 Å². The predicted octanol–water partition coefficient (Wildman–Crippen LogP) is 2.78. The van der Waals surface area contributed by atoms with Gasteiger partial charge in [-0.1, -0.05) is 12.1 Å². The summed E-state index contributed by atoms with van der Waals surface area (Å²) in [5, 5.41) is 8.60. The van der Waals surface area contributed by atoms with E-state index in [-0.39, 0.29) is 24.5 Å². The van der Waals surface area contributed by atoms with Crippen molar-refractivity contribution in [2.45, 2.75) is 19.4 Å². The second-order valence-electron chi connectivity index (χ2n) is 6.23. The van der Waals surface area contributed by atoms with Gasteiger partial charge in [0.25, 0.3) is 0 Å². The van der Waals surface area contributed by atoms with Gasteiger partial charge >= 0.3 is 5.97 Å². The molecule has 0 aliphatic heterocycles. The third kappa shape index (κ3) is 6.42. The van der Waals surface area contributed by atoms with E-state index < -0.39 is 12.6 Å². The number of aliphatic carboxylic acids is 1. The normalized spacial score (nSPS) is 10.2. The highest BCUT2D eigenvalue weighted by Crippen LogP contribution is 2.15. The second-order valence-corrected chi connectivity index (χ2v) is 6.23. The van der Waals surface area contributed by atoms with Crippen molar-refractivity contribution in [3.8, 4) is 11.5 Å². The van der Waals surface area contributed by atoms with Crippen LogP contribution in [0.4, 0.5) is 0 Å². The molecule has 0 aromatic heterocycles. The number of Topliss-reactive ketones (excluding diaryl/α,β-unsaturated/α-hetero) is 1. The first-order valence-corrected chi connectivity index (χ1v) is 8.74. The van der Waals surface area contributed by atoms with Gasteiger partial charge in [0.2, 0.25) is 5.91 Å². The zero-order valence-corrected chi connectivity index (χ0v) is 15.9. The Hall–Kier alpha value is -3.35. The van der Waals surface area contributed by atoms with Crippen LogP contribution in [0.2, 0.25) is 0 Å². The summed E-state index contributed by atoms with van der Waals surface area (Å²) < 4.78 is 10.1. The number of ketones is 1. The summed E-state index contributed by atoms with van der Waals surface area (Å²) >= 11 is 0. The minimum absolute atomic E-state index is 0.0932. The zero-order valence-electron chi connectivity index (χ0n) is 15.9. The van der Waals surface area contributed by atoms with Crippen molar-refractivity contribution >= 4 is 17.7 Å². The van der Waals surface area contributed by atoms with Crippen LogP contribution < -0.4 is 9.47 Å².